The van der Waals surface area contributed by atoms with Gasteiger partial charge in [-0.3, -0.25) is 0 Å². The summed E-state index contributed by atoms with van der Waals surface area (Å²) in [4.78, 5) is 2.43. The Morgan fingerprint density at radius 3 is 1.51 bits per heavy atom. The molecule has 10 rings (SSSR count). The molecular formula is C62H47N. The molecule has 9 aromatic rings. The Morgan fingerprint density at radius 2 is 0.857 bits per heavy atom. The number of para-hydroxylation sites is 1. The minimum Gasteiger partial charge on any atom is -0.310 e. The molecule has 0 N–H and O–H groups in total. The number of hydrogen-bond acceptors (Lipinski definition) is 1. The molecule has 63 heavy (non-hydrogen) atoms. The molecule has 300 valence electrons. The van der Waals surface area contributed by atoms with Crippen molar-refractivity contribution >= 4 is 17.1 Å². The van der Waals surface area contributed by atoms with E-state index in [1.54, 1.807) is 0 Å². The summed E-state index contributed by atoms with van der Waals surface area (Å²) >= 11 is 0. The Balaban J connectivity index is 1.13. The molecular weight excluding hydrogens is 759 g/mol. The fraction of sp³-hybridized carbons (Fsp3) is 0.0323. The number of nitrogens with zero attached hydrogens (tertiary/aromatic N) is 1. The summed E-state index contributed by atoms with van der Waals surface area (Å²) in [6, 6.07) is 83.6. The first-order valence-corrected chi connectivity index (χ1v) is 21.7. The van der Waals surface area contributed by atoms with Gasteiger partial charge >= 0.3 is 0 Å². The monoisotopic (exact) mass is 805 g/mol. The lowest BCUT2D eigenvalue weighted by Gasteiger charge is -2.35. The summed E-state index contributed by atoms with van der Waals surface area (Å²) in [5, 5.41) is 0. The van der Waals surface area contributed by atoms with Gasteiger partial charge in [0.1, 0.15) is 0 Å². The number of anilines is 3. The van der Waals surface area contributed by atoms with Gasteiger partial charge in [0.2, 0.25) is 0 Å². The maximum Gasteiger partial charge on any atom is 0.0708 e. The van der Waals surface area contributed by atoms with Crippen molar-refractivity contribution in [1.82, 2.24) is 0 Å². The van der Waals surface area contributed by atoms with Crippen LogP contribution in [-0.2, 0) is 5.41 Å². The largest absolute Gasteiger partial charge is 0.310 e. The maximum absolute atomic E-state index is 4.85. The molecule has 0 amide bonds. The summed E-state index contributed by atoms with van der Waals surface area (Å²) in [6.07, 6.45) is 8.43. The van der Waals surface area contributed by atoms with Crippen molar-refractivity contribution in [3.05, 3.63) is 284 Å². The predicted octanol–water partition coefficient (Wildman–Crippen LogP) is 16.8. The van der Waals surface area contributed by atoms with E-state index in [1.165, 1.54) is 55.6 Å². The Labute approximate surface area is 371 Å². The van der Waals surface area contributed by atoms with Crippen LogP contribution in [0.3, 0.4) is 0 Å². The van der Waals surface area contributed by atoms with Crippen LogP contribution < -0.4 is 4.90 Å². The molecule has 0 bridgehead atoms. The minimum absolute atomic E-state index is 0.612. The van der Waals surface area contributed by atoms with Gasteiger partial charge in [-0.1, -0.05) is 231 Å². The third-order valence-electron chi connectivity index (χ3n) is 12.5. The van der Waals surface area contributed by atoms with E-state index in [-0.39, 0.29) is 0 Å². The minimum atomic E-state index is -0.612. The fourth-order valence-corrected chi connectivity index (χ4v) is 9.55. The van der Waals surface area contributed by atoms with E-state index in [4.69, 9.17) is 6.58 Å². The van der Waals surface area contributed by atoms with Crippen molar-refractivity contribution in [3.63, 3.8) is 0 Å². The van der Waals surface area contributed by atoms with E-state index >= 15 is 0 Å². The molecule has 0 aromatic heterocycles. The fourth-order valence-electron chi connectivity index (χ4n) is 9.55. The lowest BCUT2D eigenvalue weighted by Crippen LogP contribution is -2.28. The molecule has 9 aromatic carbocycles. The summed E-state index contributed by atoms with van der Waals surface area (Å²) in [6.45, 7) is 6.90. The maximum atomic E-state index is 4.85. The average molecular weight is 806 g/mol. The van der Waals surface area contributed by atoms with Crippen molar-refractivity contribution in [2.75, 3.05) is 4.90 Å². The third-order valence-corrected chi connectivity index (χ3v) is 12.5. The van der Waals surface area contributed by atoms with E-state index in [1.807, 2.05) is 6.92 Å². The highest BCUT2D eigenvalue weighted by Crippen LogP contribution is 2.57. The highest BCUT2D eigenvalue weighted by Gasteiger charge is 2.46. The average Bonchev–Trinajstić information content (AvgIpc) is 3.66. The Hall–Kier alpha value is -8.00. The first kappa shape index (κ1) is 39.2. The predicted molar refractivity (Wildman–Crippen MR) is 268 cm³/mol. The van der Waals surface area contributed by atoms with Crippen molar-refractivity contribution in [3.8, 4) is 55.6 Å². The quantitative estimate of drug-likeness (QED) is 0.118. The van der Waals surface area contributed by atoms with Crippen LogP contribution >= 0.6 is 0 Å². The van der Waals surface area contributed by atoms with Crippen molar-refractivity contribution < 1.29 is 0 Å². The molecule has 0 saturated heterocycles. The van der Waals surface area contributed by atoms with Crippen molar-refractivity contribution in [1.29, 1.82) is 0 Å². The van der Waals surface area contributed by atoms with Gasteiger partial charge in [0.25, 0.3) is 0 Å². The van der Waals surface area contributed by atoms with Crippen molar-refractivity contribution in [2.45, 2.75) is 12.3 Å². The SMILES string of the molecule is C=C(/C=C\C=C/C)C1(c2ccccc2)c2ccccc2-c2ccc(N(c3ccc(-c4ccccc4-c4ccc(-c5ccccc5)cc4)cc3)c3ccccc3-c3ccccc3)cc21. The van der Waals surface area contributed by atoms with Crippen LogP contribution in [0, 0.1) is 0 Å². The first-order chi connectivity index (χ1) is 31.1. The number of rotatable bonds is 11. The lowest BCUT2D eigenvalue weighted by molar-refractivity contribution is 0.770. The molecule has 0 saturated carbocycles. The zero-order chi connectivity index (χ0) is 42.6. The zero-order valence-corrected chi connectivity index (χ0v) is 35.4. The van der Waals surface area contributed by atoms with Crippen LogP contribution in [0.15, 0.2) is 267 Å². The van der Waals surface area contributed by atoms with E-state index in [0.717, 1.165) is 39.3 Å². The molecule has 1 aliphatic rings. The highest BCUT2D eigenvalue weighted by atomic mass is 15.1. The van der Waals surface area contributed by atoms with Crippen molar-refractivity contribution in [2.24, 2.45) is 0 Å². The summed E-state index contributed by atoms with van der Waals surface area (Å²) in [7, 11) is 0. The zero-order valence-electron chi connectivity index (χ0n) is 35.4. The summed E-state index contributed by atoms with van der Waals surface area (Å²) in [5.41, 5.74) is 19.3. The van der Waals surface area contributed by atoms with Crippen LogP contribution in [0.2, 0.25) is 0 Å². The van der Waals surface area contributed by atoms with Gasteiger partial charge < -0.3 is 4.90 Å². The number of hydrogen-bond donors (Lipinski definition) is 0. The van der Waals surface area contributed by atoms with Gasteiger partial charge in [-0.25, -0.2) is 0 Å². The topological polar surface area (TPSA) is 3.24 Å². The third kappa shape index (κ3) is 7.14. The normalized spacial score (nSPS) is 14.1. The Morgan fingerprint density at radius 1 is 0.397 bits per heavy atom. The molecule has 1 heteroatoms. The van der Waals surface area contributed by atoms with Gasteiger partial charge in [-0.05, 0) is 110 Å². The van der Waals surface area contributed by atoms with Gasteiger partial charge in [-0.15, -0.1) is 0 Å². The van der Waals surface area contributed by atoms with Gasteiger partial charge in [0.05, 0.1) is 11.1 Å². The smallest absolute Gasteiger partial charge is 0.0708 e. The van der Waals surface area contributed by atoms with E-state index in [9.17, 15) is 0 Å². The molecule has 0 fully saturated rings. The molecule has 0 radical (unpaired) electrons. The summed E-state index contributed by atoms with van der Waals surface area (Å²) < 4.78 is 0. The molecule has 1 aliphatic carbocycles. The standard InChI is InChI=1S/C62H47N/c1-3-4-8-21-45(2)62(51-26-13-7-14-27-51)59-32-19-17-31-57(59)58-43-42-53(44-60(58)62)63(61-33-20-18-30-56(61)48-24-11-6-12-25-48)52-40-38-50(39-41-52)55-29-16-15-28-54(55)49-36-34-47(35-37-49)46-22-9-5-10-23-46/h3-44H,2H2,1H3/b4-3-,21-8-. The second-order valence-corrected chi connectivity index (χ2v) is 16.1. The second-order valence-electron chi connectivity index (χ2n) is 16.1. The molecule has 1 unspecified atom stereocenters. The van der Waals surface area contributed by atoms with Crippen LogP contribution in [0.5, 0.6) is 0 Å². The highest BCUT2D eigenvalue weighted by molar-refractivity contribution is 5.93. The van der Waals surface area contributed by atoms with Crippen LogP contribution in [0.1, 0.15) is 23.6 Å². The van der Waals surface area contributed by atoms with Gasteiger partial charge in [0.15, 0.2) is 0 Å². The number of fused-ring (bicyclic) bond motifs is 3. The Bertz CT molecular complexity index is 3100. The molecule has 1 nitrogen and oxygen atoms in total. The molecule has 0 aliphatic heterocycles. The van der Waals surface area contributed by atoms with Crippen LogP contribution in [0.4, 0.5) is 17.1 Å². The second kappa shape index (κ2) is 17.2. The van der Waals surface area contributed by atoms with Crippen LogP contribution in [0.25, 0.3) is 55.6 Å². The van der Waals surface area contributed by atoms with E-state index in [0.29, 0.717) is 0 Å². The molecule has 0 heterocycles. The molecule has 1 atom stereocenters. The Kier molecular flexibility index (Phi) is 10.7. The summed E-state index contributed by atoms with van der Waals surface area (Å²) in [5.74, 6) is 0. The number of benzene rings is 9. The van der Waals surface area contributed by atoms with Gasteiger partial charge in [-0.2, -0.15) is 0 Å². The number of allylic oxidation sites excluding steroid dienone is 5. The van der Waals surface area contributed by atoms with E-state index in [2.05, 4.69) is 260 Å². The van der Waals surface area contributed by atoms with E-state index < -0.39 is 5.41 Å². The lowest BCUT2D eigenvalue weighted by atomic mass is 9.67. The van der Waals surface area contributed by atoms with Gasteiger partial charge in [0, 0.05) is 16.9 Å². The first-order valence-electron chi connectivity index (χ1n) is 21.7. The van der Waals surface area contributed by atoms with Crippen LogP contribution in [-0.4, -0.2) is 0 Å². The molecule has 0 spiro atoms.